The Bertz CT molecular complexity index is 306. The van der Waals surface area contributed by atoms with Crippen molar-refractivity contribution in [2.75, 3.05) is 27.2 Å². The first kappa shape index (κ1) is 27.1. The van der Waals surface area contributed by atoms with Gasteiger partial charge in [0.15, 0.2) is 0 Å². The van der Waals surface area contributed by atoms with Crippen LogP contribution in [0.15, 0.2) is 5.16 Å². The van der Waals surface area contributed by atoms with Crippen LogP contribution in [-0.4, -0.2) is 42.6 Å². The van der Waals surface area contributed by atoms with Gasteiger partial charge in [-0.1, -0.05) is 89.1 Å². The lowest BCUT2D eigenvalue weighted by Gasteiger charge is -2.29. The lowest BCUT2D eigenvalue weighted by molar-refractivity contribution is -0.881. The molecule has 0 heterocycles. The topological polar surface area (TPSA) is 32.6 Å². The van der Waals surface area contributed by atoms with E-state index in [9.17, 15) is 0 Å². The third-order valence-corrected chi connectivity index (χ3v) is 4.94. The van der Waals surface area contributed by atoms with E-state index in [2.05, 4.69) is 26.2 Å². The highest BCUT2D eigenvalue weighted by Gasteiger charge is 2.15. The first-order valence-corrected chi connectivity index (χ1v) is 10.5. The first-order valence-electron chi connectivity index (χ1n) is 10.5. The van der Waals surface area contributed by atoms with E-state index in [1.165, 1.54) is 96.4 Å². The molecule has 0 saturated heterocycles. The number of hydrogen-bond donors (Lipinski definition) is 1. The number of halogens is 1. The monoisotopic (exact) mass is 420 g/mol. The molecule has 0 aromatic heterocycles. The third-order valence-electron chi connectivity index (χ3n) is 4.94. The second kappa shape index (κ2) is 18.7. The molecule has 152 valence electrons. The summed E-state index contributed by atoms with van der Waals surface area (Å²) in [5.74, 6) is 0. The second-order valence-corrected chi connectivity index (χ2v) is 8.25. The molecule has 0 atom stereocenters. The lowest BCUT2D eigenvalue weighted by Crippen LogP contribution is -3.00. The Morgan fingerprint density at radius 2 is 1.08 bits per heavy atom. The van der Waals surface area contributed by atoms with Gasteiger partial charge >= 0.3 is 0 Å². The van der Waals surface area contributed by atoms with Crippen molar-refractivity contribution in [2.24, 2.45) is 5.16 Å². The molecule has 0 saturated carbocycles. The number of unbranched alkanes of at least 4 members (excludes halogenated alkanes) is 13. The fraction of sp³-hybridized carbons (Fsp3) is 0.952. The zero-order chi connectivity index (χ0) is 18.1. The molecular formula is C21H45BrN2O. The van der Waals surface area contributed by atoms with Crippen molar-refractivity contribution in [3.05, 3.63) is 0 Å². The van der Waals surface area contributed by atoms with Gasteiger partial charge in [0, 0.05) is 0 Å². The van der Waals surface area contributed by atoms with Gasteiger partial charge in [-0.05, 0) is 19.8 Å². The molecule has 0 unspecified atom stereocenters. The molecule has 0 bridgehead atoms. The SMILES string of the molecule is CCCCCCCCCCCCCCCC[N+](C)(C)CC(C)=NO.[Br-]. The number of quaternary nitrogens is 1. The minimum absolute atomic E-state index is 0. The van der Waals surface area contributed by atoms with Crippen LogP contribution < -0.4 is 17.0 Å². The zero-order valence-electron chi connectivity index (χ0n) is 17.5. The molecule has 0 aliphatic rings. The van der Waals surface area contributed by atoms with Crippen LogP contribution in [0.25, 0.3) is 0 Å². The summed E-state index contributed by atoms with van der Waals surface area (Å²) in [7, 11) is 4.44. The molecule has 0 aromatic rings. The average molecular weight is 422 g/mol. The van der Waals surface area contributed by atoms with Crippen LogP contribution in [0.4, 0.5) is 0 Å². The van der Waals surface area contributed by atoms with E-state index < -0.39 is 0 Å². The van der Waals surface area contributed by atoms with E-state index in [1.807, 2.05) is 6.92 Å². The lowest BCUT2D eigenvalue weighted by atomic mass is 10.0. The Hall–Kier alpha value is -0.0900. The maximum absolute atomic E-state index is 8.77. The molecule has 1 N–H and O–H groups in total. The van der Waals surface area contributed by atoms with Crippen LogP contribution in [0, 0.1) is 0 Å². The molecule has 4 heteroatoms. The first-order chi connectivity index (χ1) is 11.5. The van der Waals surface area contributed by atoms with Gasteiger partial charge in [-0.25, -0.2) is 0 Å². The summed E-state index contributed by atoms with van der Waals surface area (Å²) < 4.78 is 0.925. The van der Waals surface area contributed by atoms with Gasteiger partial charge in [-0.2, -0.15) is 0 Å². The summed E-state index contributed by atoms with van der Waals surface area (Å²) in [6.45, 7) is 6.19. The quantitative estimate of drug-likeness (QED) is 0.126. The Morgan fingerprint density at radius 3 is 1.44 bits per heavy atom. The Morgan fingerprint density at radius 1 is 0.720 bits per heavy atom. The Labute approximate surface area is 168 Å². The second-order valence-electron chi connectivity index (χ2n) is 8.25. The van der Waals surface area contributed by atoms with Gasteiger partial charge in [0.1, 0.15) is 12.3 Å². The van der Waals surface area contributed by atoms with Gasteiger partial charge < -0.3 is 26.7 Å². The van der Waals surface area contributed by atoms with Crippen LogP contribution in [0.1, 0.15) is 104 Å². The van der Waals surface area contributed by atoms with Crippen molar-refractivity contribution >= 4 is 5.71 Å². The molecular weight excluding hydrogens is 376 g/mol. The maximum atomic E-state index is 8.77. The molecule has 3 nitrogen and oxygen atoms in total. The van der Waals surface area contributed by atoms with E-state index in [1.54, 1.807) is 0 Å². The minimum atomic E-state index is 0. The fourth-order valence-corrected chi connectivity index (χ4v) is 3.46. The predicted octanol–water partition coefficient (Wildman–Crippen LogP) is 3.40. The van der Waals surface area contributed by atoms with Crippen molar-refractivity contribution in [3.63, 3.8) is 0 Å². The third kappa shape index (κ3) is 20.1. The van der Waals surface area contributed by atoms with Gasteiger partial charge in [-0.3, -0.25) is 0 Å². The standard InChI is InChI=1S/C21H44N2O.BrH/c1-5-6-7-8-9-10-11-12-13-14-15-16-17-18-19-23(3,4)20-21(2)22-24;/h5-20H2,1-4H3;1H. The summed E-state index contributed by atoms with van der Waals surface area (Å²) in [5.41, 5.74) is 0.824. The molecule has 0 rings (SSSR count). The molecule has 0 radical (unpaired) electrons. The summed E-state index contributed by atoms with van der Waals surface area (Å²) >= 11 is 0. The van der Waals surface area contributed by atoms with Gasteiger partial charge in [0.2, 0.25) is 0 Å². The van der Waals surface area contributed by atoms with E-state index in [0.717, 1.165) is 16.7 Å². The highest BCUT2D eigenvalue weighted by molar-refractivity contribution is 5.82. The fourth-order valence-electron chi connectivity index (χ4n) is 3.46. The molecule has 0 aliphatic carbocycles. The average Bonchev–Trinajstić information content (AvgIpc) is 2.54. The van der Waals surface area contributed by atoms with E-state index in [-0.39, 0.29) is 17.0 Å². The van der Waals surface area contributed by atoms with E-state index in [4.69, 9.17) is 5.21 Å². The summed E-state index contributed by atoms with van der Waals surface area (Å²) in [5, 5.41) is 12.1. The van der Waals surface area contributed by atoms with Crippen molar-refractivity contribution in [1.29, 1.82) is 0 Å². The summed E-state index contributed by atoms with van der Waals surface area (Å²) in [6, 6.07) is 0. The van der Waals surface area contributed by atoms with Gasteiger partial charge in [0.05, 0.1) is 20.6 Å². The highest BCUT2D eigenvalue weighted by atomic mass is 79.9. The van der Waals surface area contributed by atoms with Crippen LogP contribution >= 0.6 is 0 Å². The van der Waals surface area contributed by atoms with Crippen LogP contribution in [0.2, 0.25) is 0 Å². The van der Waals surface area contributed by atoms with Crippen molar-refractivity contribution in [3.8, 4) is 0 Å². The molecule has 0 amide bonds. The molecule has 0 aliphatic heterocycles. The van der Waals surface area contributed by atoms with Crippen molar-refractivity contribution in [1.82, 2.24) is 0 Å². The molecule has 25 heavy (non-hydrogen) atoms. The largest absolute Gasteiger partial charge is 1.00 e. The summed E-state index contributed by atoms with van der Waals surface area (Å²) in [6.07, 6.45) is 19.7. The minimum Gasteiger partial charge on any atom is -1.00 e. The predicted molar refractivity (Wildman–Crippen MR) is 107 cm³/mol. The molecule has 0 spiro atoms. The molecule has 0 aromatic carbocycles. The number of oxime groups is 1. The Kier molecular flexibility index (Phi) is 20.3. The number of nitrogens with zero attached hydrogens (tertiary/aromatic N) is 2. The maximum Gasteiger partial charge on any atom is 0.120 e. The van der Waals surface area contributed by atoms with Gasteiger partial charge in [-0.15, -0.1) is 0 Å². The smallest absolute Gasteiger partial charge is 0.120 e. The van der Waals surface area contributed by atoms with Crippen LogP contribution in [0.3, 0.4) is 0 Å². The number of rotatable bonds is 17. The van der Waals surface area contributed by atoms with E-state index >= 15 is 0 Å². The Balaban J connectivity index is 0. The van der Waals surface area contributed by atoms with E-state index in [0.29, 0.717) is 0 Å². The highest BCUT2D eigenvalue weighted by Crippen LogP contribution is 2.13. The molecule has 0 fully saturated rings. The zero-order valence-corrected chi connectivity index (χ0v) is 19.1. The van der Waals surface area contributed by atoms with Crippen molar-refractivity contribution in [2.45, 2.75) is 104 Å². The summed E-state index contributed by atoms with van der Waals surface area (Å²) in [4.78, 5) is 0. The number of hydrogen-bond acceptors (Lipinski definition) is 2. The van der Waals surface area contributed by atoms with Gasteiger partial charge in [0.25, 0.3) is 0 Å². The van der Waals surface area contributed by atoms with Crippen molar-refractivity contribution < 1.29 is 26.7 Å². The van der Waals surface area contributed by atoms with Crippen LogP contribution in [0.5, 0.6) is 0 Å². The van der Waals surface area contributed by atoms with Crippen LogP contribution in [-0.2, 0) is 0 Å². The normalized spacial score (nSPS) is 12.2.